The van der Waals surface area contributed by atoms with Gasteiger partial charge in [-0.05, 0) is 31.6 Å². The number of nitrogens with one attached hydrogen (secondary N) is 1. The zero-order valence-electron chi connectivity index (χ0n) is 16.4. The average molecular weight is 385 g/mol. The van der Waals surface area contributed by atoms with Crippen LogP contribution in [0.1, 0.15) is 37.7 Å². The summed E-state index contributed by atoms with van der Waals surface area (Å²) >= 11 is 1.53. The Morgan fingerprint density at radius 2 is 2.00 bits per heavy atom. The number of aromatic nitrogens is 2. The maximum atomic E-state index is 12.4. The van der Waals surface area contributed by atoms with Crippen molar-refractivity contribution in [1.29, 1.82) is 0 Å². The molecule has 0 saturated carbocycles. The Morgan fingerprint density at radius 1 is 1.22 bits per heavy atom. The standard InChI is InChI=1S/C21H28N4OS/c1-4-12-25-18-10-8-7-9-16(18)14-19(25)21-23-17(15-27-21)20(26)22-11-13-24(5-2)6-3/h7-10,14-15H,4-6,11-13H2,1-3H3,(H,22,26). The zero-order valence-corrected chi connectivity index (χ0v) is 17.2. The van der Waals surface area contributed by atoms with Crippen molar-refractivity contribution in [2.75, 3.05) is 26.2 Å². The van der Waals surface area contributed by atoms with E-state index in [1.807, 2.05) is 5.38 Å². The van der Waals surface area contributed by atoms with Gasteiger partial charge in [-0.2, -0.15) is 0 Å². The van der Waals surface area contributed by atoms with E-state index in [1.54, 1.807) is 0 Å². The van der Waals surface area contributed by atoms with E-state index < -0.39 is 0 Å². The van der Waals surface area contributed by atoms with Gasteiger partial charge in [0.1, 0.15) is 10.7 Å². The minimum atomic E-state index is -0.0946. The van der Waals surface area contributed by atoms with Crippen LogP contribution < -0.4 is 5.32 Å². The first-order chi connectivity index (χ1) is 13.2. The van der Waals surface area contributed by atoms with Crippen LogP contribution in [0.15, 0.2) is 35.7 Å². The normalized spacial score (nSPS) is 11.4. The number of para-hydroxylation sites is 1. The van der Waals surface area contributed by atoms with E-state index in [2.05, 4.69) is 70.9 Å². The Hall–Kier alpha value is -2.18. The minimum Gasteiger partial charge on any atom is -0.349 e. The lowest BCUT2D eigenvalue weighted by Gasteiger charge is -2.17. The molecule has 3 rings (SSSR count). The number of carbonyl (C=O) groups excluding carboxylic acids is 1. The topological polar surface area (TPSA) is 50.2 Å². The zero-order chi connectivity index (χ0) is 19.2. The largest absolute Gasteiger partial charge is 0.349 e. The lowest BCUT2D eigenvalue weighted by molar-refractivity contribution is 0.0944. The van der Waals surface area contributed by atoms with Gasteiger partial charge in [0.15, 0.2) is 0 Å². The molecule has 1 amide bonds. The predicted octanol–water partition coefficient (Wildman–Crippen LogP) is 4.25. The predicted molar refractivity (Wildman–Crippen MR) is 113 cm³/mol. The fraction of sp³-hybridized carbons (Fsp3) is 0.429. The van der Waals surface area contributed by atoms with Crippen molar-refractivity contribution < 1.29 is 4.79 Å². The molecular formula is C21H28N4OS. The summed E-state index contributed by atoms with van der Waals surface area (Å²) in [5.74, 6) is -0.0946. The fourth-order valence-electron chi connectivity index (χ4n) is 3.31. The molecule has 0 unspecified atom stereocenters. The second kappa shape index (κ2) is 9.15. The van der Waals surface area contributed by atoms with Gasteiger partial charge in [0, 0.05) is 35.9 Å². The highest BCUT2D eigenvalue weighted by molar-refractivity contribution is 7.13. The highest BCUT2D eigenvalue weighted by Crippen LogP contribution is 2.30. The molecule has 0 aliphatic heterocycles. The first-order valence-corrected chi connectivity index (χ1v) is 10.6. The number of nitrogens with zero attached hydrogens (tertiary/aromatic N) is 3. The van der Waals surface area contributed by atoms with E-state index >= 15 is 0 Å². The number of aryl methyl sites for hydroxylation is 1. The third-order valence-electron chi connectivity index (χ3n) is 4.82. The Labute approximate surface area is 165 Å². The number of carbonyl (C=O) groups is 1. The van der Waals surface area contributed by atoms with Crippen molar-refractivity contribution in [3.63, 3.8) is 0 Å². The summed E-state index contributed by atoms with van der Waals surface area (Å²) < 4.78 is 2.30. The van der Waals surface area contributed by atoms with E-state index in [-0.39, 0.29) is 5.91 Å². The molecule has 6 heteroatoms. The number of amides is 1. The molecule has 2 aromatic heterocycles. The van der Waals surface area contributed by atoms with Crippen LogP contribution in [0, 0.1) is 0 Å². The van der Waals surface area contributed by atoms with E-state index in [1.165, 1.54) is 22.2 Å². The maximum Gasteiger partial charge on any atom is 0.270 e. The van der Waals surface area contributed by atoms with Crippen LogP contribution in [-0.4, -0.2) is 46.5 Å². The summed E-state index contributed by atoms with van der Waals surface area (Å²) in [5.41, 5.74) is 2.81. The number of thiazole rings is 1. The molecule has 0 atom stereocenters. The van der Waals surface area contributed by atoms with Crippen LogP contribution in [0.5, 0.6) is 0 Å². The van der Waals surface area contributed by atoms with Gasteiger partial charge >= 0.3 is 0 Å². The molecule has 0 fully saturated rings. The van der Waals surface area contributed by atoms with Gasteiger partial charge in [0.25, 0.3) is 5.91 Å². The van der Waals surface area contributed by atoms with Crippen molar-refractivity contribution in [2.45, 2.75) is 33.7 Å². The number of likely N-dealkylation sites (N-methyl/N-ethyl adjacent to an activating group) is 1. The highest BCUT2D eigenvalue weighted by atomic mass is 32.1. The Morgan fingerprint density at radius 3 is 2.74 bits per heavy atom. The van der Waals surface area contributed by atoms with Gasteiger partial charge in [0.2, 0.25) is 0 Å². The summed E-state index contributed by atoms with van der Waals surface area (Å²) in [6.45, 7) is 10.9. The van der Waals surface area contributed by atoms with Gasteiger partial charge in [0.05, 0.1) is 5.69 Å². The number of fused-ring (bicyclic) bond motifs is 1. The molecule has 1 aromatic carbocycles. The molecule has 0 radical (unpaired) electrons. The van der Waals surface area contributed by atoms with Crippen molar-refractivity contribution in [3.05, 3.63) is 41.4 Å². The molecule has 5 nitrogen and oxygen atoms in total. The summed E-state index contributed by atoms with van der Waals surface area (Å²) in [6.07, 6.45) is 1.05. The van der Waals surface area contributed by atoms with Crippen LogP contribution in [0.3, 0.4) is 0 Å². The van der Waals surface area contributed by atoms with Crippen molar-refractivity contribution in [1.82, 2.24) is 19.8 Å². The van der Waals surface area contributed by atoms with Gasteiger partial charge in [-0.3, -0.25) is 4.79 Å². The van der Waals surface area contributed by atoms with E-state index in [4.69, 9.17) is 0 Å². The van der Waals surface area contributed by atoms with Gasteiger partial charge < -0.3 is 14.8 Å². The smallest absolute Gasteiger partial charge is 0.270 e. The van der Waals surface area contributed by atoms with Crippen LogP contribution in [0.2, 0.25) is 0 Å². The molecular weight excluding hydrogens is 356 g/mol. The monoisotopic (exact) mass is 384 g/mol. The van der Waals surface area contributed by atoms with E-state index in [0.29, 0.717) is 12.2 Å². The lowest BCUT2D eigenvalue weighted by atomic mass is 10.2. The van der Waals surface area contributed by atoms with Crippen LogP contribution >= 0.6 is 11.3 Å². The number of rotatable bonds is 9. The van der Waals surface area contributed by atoms with Crippen LogP contribution in [0.4, 0.5) is 0 Å². The second-order valence-electron chi connectivity index (χ2n) is 6.56. The molecule has 3 aromatic rings. The van der Waals surface area contributed by atoms with E-state index in [0.717, 1.165) is 43.3 Å². The van der Waals surface area contributed by atoms with Gasteiger partial charge in [-0.1, -0.05) is 39.0 Å². The fourth-order valence-corrected chi connectivity index (χ4v) is 4.13. The van der Waals surface area contributed by atoms with Gasteiger partial charge in [-0.25, -0.2) is 4.98 Å². The first kappa shape index (κ1) is 19.6. The quantitative estimate of drug-likeness (QED) is 0.600. The van der Waals surface area contributed by atoms with Gasteiger partial charge in [-0.15, -0.1) is 11.3 Å². The lowest BCUT2D eigenvalue weighted by Crippen LogP contribution is -2.34. The molecule has 0 bridgehead atoms. The van der Waals surface area contributed by atoms with Crippen molar-refractivity contribution in [3.8, 4) is 10.7 Å². The summed E-state index contributed by atoms with van der Waals surface area (Å²) in [4.78, 5) is 19.4. The third-order valence-corrected chi connectivity index (χ3v) is 5.69. The number of hydrogen-bond acceptors (Lipinski definition) is 4. The van der Waals surface area contributed by atoms with Crippen molar-refractivity contribution in [2.24, 2.45) is 0 Å². The number of hydrogen-bond donors (Lipinski definition) is 1. The molecule has 27 heavy (non-hydrogen) atoms. The SMILES string of the molecule is CCCn1c(-c2nc(C(=O)NCCN(CC)CC)cs2)cc2ccccc21. The van der Waals surface area contributed by atoms with Crippen molar-refractivity contribution >= 4 is 28.1 Å². The molecule has 144 valence electrons. The summed E-state index contributed by atoms with van der Waals surface area (Å²) in [6, 6.07) is 10.6. The Kier molecular flexibility index (Phi) is 6.63. The molecule has 0 aliphatic carbocycles. The van der Waals surface area contributed by atoms with Crippen LogP contribution in [0.25, 0.3) is 21.6 Å². The maximum absolute atomic E-state index is 12.4. The second-order valence-corrected chi connectivity index (χ2v) is 7.42. The first-order valence-electron chi connectivity index (χ1n) is 9.72. The molecule has 2 heterocycles. The Bertz CT molecular complexity index is 895. The third kappa shape index (κ3) is 4.39. The molecule has 0 aliphatic rings. The summed E-state index contributed by atoms with van der Waals surface area (Å²) in [5, 5.41) is 6.95. The van der Waals surface area contributed by atoms with Crippen LogP contribution in [-0.2, 0) is 6.54 Å². The summed E-state index contributed by atoms with van der Waals surface area (Å²) in [7, 11) is 0. The molecule has 1 N–H and O–H groups in total. The minimum absolute atomic E-state index is 0.0946. The molecule has 0 spiro atoms. The Balaban J connectivity index is 1.76. The average Bonchev–Trinajstić information content (AvgIpc) is 3.31. The highest BCUT2D eigenvalue weighted by Gasteiger charge is 2.16. The number of benzene rings is 1. The van der Waals surface area contributed by atoms with E-state index in [9.17, 15) is 4.79 Å². The molecule has 0 saturated heterocycles.